The van der Waals surface area contributed by atoms with E-state index in [0.717, 1.165) is 11.3 Å². The number of hydrogen-bond donors (Lipinski definition) is 0. The number of non-ortho nitro benzene ring substituents is 1. The summed E-state index contributed by atoms with van der Waals surface area (Å²) in [7, 11) is 0. The van der Waals surface area contributed by atoms with Crippen LogP contribution < -0.4 is 9.64 Å². The number of carbonyl (C=O) groups excluding carboxylic acids is 1. The zero-order chi connectivity index (χ0) is 19.6. The molecule has 1 aliphatic rings. The predicted octanol–water partition coefficient (Wildman–Crippen LogP) is 4.79. The standard InChI is InChI=1S/C19H16N2O4S2/c1-12(2)25-16-9-3-13(4-10-16)11-17-18(22)20(19(26)27-17)14-5-7-15(8-6-14)21(23)24/h3-12H,1-2H3/b17-11+. The van der Waals surface area contributed by atoms with E-state index in [-0.39, 0.29) is 17.7 Å². The van der Waals surface area contributed by atoms with Crippen LogP contribution in [0.1, 0.15) is 19.4 Å². The number of carbonyl (C=O) groups is 1. The van der Waals surface area contributed by atoms with Crippen molar-refractivity contribution in [1.82, 2.24) is 0 Å². The summed E-state index contributed by atoms with van der Waals surface area (Å²) in [5, 5.41) is 10.8. The zero-order valence-electron chi connectivity index (χ0n) is 14.6. The molecule has 1 aliphatic heterocycles. The van der Waals surface area contributed by atoms with E-state index in [1.807, 2.05) is 38.1 Å². The van der Waals surface area contributed by atoms with E-state index in [4.69, 9.17) is 17.0 Å². The van der Waals surface area contributed by atoms with Crippen LogP contribution in [0, 0.1) is 10.1 Å². The average Bonchev–Trinajstić information content (AvgIpc) is 2.90. The topological polar surface area (TPSA) is 72.7 Å². The van der Waals surface area contributed by atoms with E-state index >= 15 is 0 Å². The Kier molecular flexibility index (Phi) is 5.57. The molecule has 0 bridgehead atoms. The molecule has 0 aliphatic carbocycles. The second-order valence-corrected chi connectivity index (χ2v) is 7.70. The highest BCUT2D eigenvalue weighted by Gasteiger charge is 2.33. The summed E-state index contributed by atoms with van der Waals surface area (Å²) in [6, 6.07) is 13.2. The van der Waals surface area contributed by atoms with Gasteiger partial charge in [-0.15, -0.1) is 0 Å². The first-order valence-corrected chi connectivity index (χ1v) is 9.37. The Morgan fingerprint density at radius 2 is 1.78 bits per heavy atom. The minimum absolute atomic E-state index is 0.0385. The SMILES string of the molecule is CC(C)Oc1ccc(/C=C2/SC(=S)N(c3ccc([N+](=O)[O-])cc3)C2=O)cc1. The first-order valence-electron chi connectivity index (χ1n) is 8.14. The molecule has 0 N–H and O–H groups in total. The Balaban J connectivity index is 1.80. The number of ether oxygens (including phenoxy) is 1. The van der Waals surface area contributed by atoms with E-state index in [1.54, 1.807) is 6.08 Å². The maximum atomic E-state index is 12.7. The van der Waals surface area contributed by atoms with Crippen LogP contribution in [0.15, 0.2) is 53.4 Å². The summed E-state index contributed by atoms with van der Waals surface area (Å²) in [6.45, 7) is 3.91. The molecule has 0 unspecified atom stereocenters. The lowest BCUT2D eigenvalue weighted by Gasteiger charge is -2.13. The van der Waals surface area contributed by atoms with Crippen LogP contribution >= 0.6 is 24.0 Å². The number of nitro groups is 1. The highest BCUT2D eigenvalue weighted by atomic mass is 32.2. The number of thiocarbonyl (C=S) groups is 1. The Labute approximate surface area is 166 Å². The van der Waals surface area contributed by atoms with Crippen molar-refractivity contribution in [2.24, 2.45) is 0 Å². The smallest absolute Gasteiger partial charge is 0.270 e. The molecule has 0 radical (unpaired) electrons. The van der Waals surface area contributed by atoms with Gasteiger partial charge in [-0.3, -0.25) is 19.8 Å². The Morgan fingerprint density at radius 1 is 1.15 bits per heavy atom. The summed E-state index contributed by atoms with van der Waals surface area (Å²) in [4.78, 5) is 24.9. The molecule has 2 aromatic carbocycles. The molecule has 0 aromatic heterocycles. The highest BCUT2D eigenvalue weighted by Crippen LogP contribution is 2.36. The lowest BCUT2D eigenvalue weighted by Crippen LogP contribution is -2.27. The first kappa shape index (κ1) is 19.1. The lowest BCUT2D eigenvalue weighted by molar-refractivity contribution is -0.384. The van der Waals surface area contributed by atoms with E-state index in [9.17, 15) is 14.9 Å². The largest absolute Gasteiger partial charge is 0.491 e. The monoisotopic (exact) mass is 400 g/mol. The van der Waals surface area contributed by atoms with E-state index in [1.165, 1.54) is 40.9 Å². The third-order valence-electron chi connectivity index (χ3n) is 3.66. The molecule has 6 nitrogen and oxygen atoms in total. The second-order valence-electron chi connectivity index (χ2n) is 6.03. The van der Waals surface area contributed by atoms with Gasteiger partial charge in [-0.25, -0.2) is 0 Å². The minimum atomic E-state index is -0.485. The summed E-state index contributed by atoms with van der Waals surface area (Å²) in [5.74, 6) is 0.516. The molecule has 0 saturated carbocycles. The fourth-order valence-electron chi connectivity index (χ4n) is 2.48. The van der Waals surface area contributed by atoms with Crippen molar-refractivity contribution in [1.29, 1.82) is 0 Å². The molecule has 138 valence electrons. The molecule has 2 aromatic rings. The molecule has 1 amide bonds. The molecular formula is C19H16N2O4S2. The quantitative estimate of drug-likeness (QED) is 0.311. The lowest BCUT2D eigenvalue weighted by atomic mass is 10.2. The molecule has 8 heteroatoms. The van der Waals surface area contributed by atoms with Gasteiger partial charge in [0.05, 0.1) is 21.6 Å². The van der Waals surface area contributed by atoms with Gasteiger partial charge in [-0.2, -0.15) is 0 Å². The van der Waals surface area contributed by atoms with Gasteiger partial charge in [0.25, 0.3) is 11.6 Å². The maximum absolute atomic E-state index is 12.7. The van der Waals surface area contributed by atoms with Gasteiger partial charge < -0.3 is 4.74 Å². The third kappa shape index (κ3) is 4.35. The zero-order valence-corrected chi connectivity index (χ0v) is 16.3. The van der Waals surface area contributed by atoms with Crippen LogP contribution in [-0.4, -0.2) is 21.3 Å². The van der Waals surface area contributed by atoms with Gasteiger partial charge in [0, 0.05) is 12.1 Å². The van der Waals surface area contributed by atoms with Crippen molar-refractivity contribution in [2.45, 2.75) is 20.0 Å². The number of amides is 1. The van der Waals surface area contributed by atoms with Crippen molar-refractivity contribution in [3.05, 3.63) is 69.1 Å². The Morgan fingerprint density at radius 3 is 2.33 bits per heavy atom. The number of anilines is 1. The number of rotatable bonds is 5. The maximum Gasteiger partial charge on any atom is 0.270 e. The van der Waals surface area contributed by atoms with E-state index in [0.29, 0.717) is 14.9 Å². The fraction of sp³-hybridized carbons (Fsp3) is 0.158. The predicted molar refractivity (Wildman–Crippen MR) is 111 cm³/mol. The van der Waals surface area contributed by atoms with Crippen molar-refractivity contribution < 1.29 is 14.5 Å². The molecule has 1 saturated heterocycles. The van der Waals surface area contributed by atoms with Gasteiger partial charge in [0.2, 0.25) is 0 Å². The number of nitrogens with zero attached hydrogens (tertiary/aromatic N) is 2. The number of nitro benzene ring substituents is 1. The summed E-state index contributed by atoms with van der Waals surface area (Å²) in [5.41, 5.74) is 1.32. The molecule has 27 heavy (non-hydrogen) atoms. The Bertz CT molecular complexity index is 922. The number of benzene rings is 2. The van der Waals surface area contributed by atoms with E-state index < -0.39 is 4.92 Å². The van der Waals surface area contributed by atoms with Crippen LogP contribution in [0.5, 0.6) is 5.75 Å². The van der Waals surface area contributed by atoms with E-state index in [2.05, 4.69) is 0 Å². The normalized spacial score (nSPS) is 15.7. The number of thioether (sulfide) groups is 1. The summed E-state index contributed by atoms with van der Waals surface area (Å²) in [6.07, 6.45) is 1.86. The van der Waals surface area contributed by atoms with Gasteiger partial charge in [-0.1, -0.05) is 36.1 Å². The fourth-order valence-corrected chi connectivity index (χ4v) is 3.78. The Hall–Kier alpha value is -2.71. The van der Waals surface area contributed by atoms with Gasteiger partial charge in [-0.05, 0) is 49.8 Å². The third-order valence-corrected chi connectivity index (χ3v) is 4.96. The van der Waals surface area contributed by atoms with Crippen LogP contribution in [-0.2, 0) is 4.79 Å². The molecule has 0 atom stereocenters. The molecule has 0 spiro atoms. The van der Waals surface area contributed by atoms with Crippen LogP contribution in [0.2, 0.25) is 0 Å². The van der Waals surface area contributed by atoms with Crippen molar-refractivity contribution in [3.8, 4) is 5.75 Å². The van der Waals surface area contributed by atoms with Gasteiger partial charge >= 0.3 is 0 Å². The molecular weight excluding hydrogens is 384 g/mol. The van der Waals surface area contributed by atoms with Crippen LogP contribution in [0.25, 0.3) is 6.08 Å². The second kappa shape index (κ2) is 7.89. The van der Waals surface area contributed by atoms with Gasteiger partial charge in [0.1, 0.15) is 5.75 Å². The summed E-state index contributed by atoms with van der Waals surface area (Å²) >= 11 is 6.52. The first-order chi connectivity index (χ1) is 12.8. The van der Waals surface area contributed by atoms with Crippen molar-refractivity contribution in [2.75, 3.05) is 4.90 Å². The summed E-state index contributed by atoms with van der Waals surface area (Å²) < 4.78 is 6.00. The molecule has 3 rings (SSSR count). The van der Waals surface area contributed by atoms with Crippen molar-refractivity contribution in [3.63, 3.8) is 0 Å². The van der Waals surface area contributed by atoms with Crippen LogP contribution in [0.3, 0.4) is 0 Å². The molecule has 1 fully saturated rings. The van der Waals surface area contributed by atoms with Crippen molar-refractivity contribution >= 4 is 51.7 Å². The van der Waals surface area contributed by atoms with Gasteiger partial charge in [0.15, 0.2) is 4.32 Å². The number of hydrogen-bond acceptors (Lipinski definition) is 6. The van der Waals surface area contributed by atoms with Crippen LogP contribution in [0.4, 0.5) is 11.4 Å². The highest BCUT2D eigenvalue weighted by molar-refractivity contribution is 8.27. The molecule has 1 heterocycles. The average molecular weight is 400 g/mol. The minimum Gasteiger partial charge on any atom is -0.491 e.